The SMILES string of the molecule is COc1ccccc1S(=O)(=O)Nc1nnc2cc(Cn3cc(CC#CC(N)=O)cn3)cc(OC)n12. The number of sulfonamides is 1. The lowest BCUT2D eigenvalue weighted by Crippen LogP contribution is -2.16. The highest BCUT2D eigenvalue weighted by Crippen LogP contribution is 2.27. The fraction of sp³-hybridized carbons (Fsp3) is 0.182. The molecule has 0 aliphatic rings. The number of carbonyl (C=O) groups excluding carboxylic acids is 1. The summed E-state index contributed by atoms with van der Waals surface area (Å²) in [6.45, 7) is 0.380. The molecule has 13 heteroatoms. The molecule has 12 nitrogen and oxygen atoms in total. The molecule has 4 rings (SSSR count). The summed E-state index contributed by atoms with van der Waals surface area (Å²) in [5.41, 5.74) is 7.00. The summed E-state index contributed by atoms with van der Waals surface area (Å²) in [5.74, 6) is 4.76. The molecule has 3 heterocycles. The second kappa shape index (κ2) is 9.74. The van der Waals surface area contributed by atoms with Crippen molar-refractivity contribution in [2.45, 2.75) is 17.9 Å². The molecule has 0 saturated heterocycles. The highest BCUT2D eigenvalue weighted by atomic mass is 32.2. The minimum absolute atomic E-state index is 0.0372. The number of pyridine rings is 1. The number of carbonyl (C=O) groups is 1. The number of hydrogen-bond acceptors (Lipinski definition) is 8. The first-order valence-electron chi connectivity index (χ1n) is 10.2. The Morgan fingerprint density at radius 2 is 1.94 bits per heavy atom. The largest absolute Gasteiger partial charge is 0.495 e. The van der Waals surface area contributed by atoms with Crippen LogP contribution in [0.2, 0.25) is 0 Å². The summed E-state index contributed by atoms with van der Waals surface area (Å²) in [4.78, 5) is 10.7. The maximum atomic E-state index is 13.0. The van der Waals surface area contributed by atoms with Crippen LogP contribution in [0.5, 0.6) is 11.6 Å². The fourth-order valence-corrected chi connectivity index (χ4v) is 4.52. The Kier molecular flexibility index (Phi) is 6.56. The van der Waals surface area contributed by atoms with Gasteiger partial charge in [-0.1, -0.05) is 18.1 Å². The van der Waals surface area contributed by atoms with Gasteiger partial charge in [0.2, 0.25) is 11.8 Å². The van der Waals surface area contributed by atoms with Gasteiger partial charge in [0.25, 0.3) is 15.9 Å². The van der Waals surface area contributed by atoms with Gasteiger partial charge in [0.05, 0.1) is 27.0 Å². The molecule has 0 spiro atoms. The van der Waals surface area contributed by atoms with E-state index in [0.29, 0.717) is 24.5 Å². The van der Waals surface area contributed by atoms with Crippen molar-refractivity contribution in [3.63, 3.8) is 0 Å². The van der Waals surface area contributed by atoms with Crippen molar-refractivity contribution in [3.05, 3.63) is 59.9 Å². The maximum absolute atomic E-state index is 13.0. The van der Waals surface area contributed by atoms with Crippen LogP contribution in [0.3, 0.4) is 0 Å². The Bertz CT molecular complexity index is 1560. The van der Waals surface area contributed by atoms with Crippen molar-refractivity contribution in [3.8, 4) is 23.5 Å². The Balaban J connectivity index is 1.61. The summed E-state index contributed by atoms with van der Waals surface area (Å²) in [6.07, 6.45) is 3.78. The Morgan fingerprint density at radius 1 is 1.14 bits per heavy atom. The zero-order chi connectivity index (χ0) is 25.0. The van der Waals surface area contributed by atoms with Crippen LogP contribution in [-0.4, -0.2) is 52.9 Å². The third kappa shape index (κ3) is 5.17. The third-order valence-electron chi connectivity index (χ3n) is 4.86. The van der Waals surface area contributed by atoms with Gasteiger partial charge in [-0.05, 0) is 29.7 Å². The first-order chi connectivity index (χ1) is 16.8. The third-order valence-corrected chi connectivity index (χ3v) is 6.23. The number of amides is 1. The van der Waals surface area contributed by atoms with E-state index in [1.807, 2.05) is 0 Å². The van der Waals surface area contributed by atoms with Crippen LogP contribution in [0.1, 0.15) is 11.1 Å². The molecule has 3 N–H and O–H groups in total. The van der Waals surface area contributed by atoms with Crippen molar-refractivity contribution in [1.29, 1.82) is 0 Å². The number of benzene rings is 1. The second-order valence-electron chi connectivity index (χ2n) is 7.27. The molecule has 0 atom stereocenters. The van der Waals surface area contributed by atoms with Crippen LogP contribution < -0.4 is 19.9 Å². The quantitative estimate of drug-likeness (QED) is 0.340. The second-order valence-corrected chi connectivity index (χ2v) is 8.92. The van der Waals surface area contributed by atoms with E-state index in [2.05, 4.69) is 31.9 Å². The van der Waals surface area contributed by atoms with Crippen LogP contribution in [-0.2, 0) is 27.8 Å². The predicted octanol–water partition coefficient (Wildman–Crippen LogP) is 0.823. The zero-order valence-corrected chi connectivity index (χ0v) is 19.6. The van der Waals surface area contributed by atoms with Gasteiger partial charge in [0.15, 0.2) is 5.65 Å². The first-order valence-corrected chi connectivity index (χ1v) is 11.7. The van der Waals surface area contributed by atoms with Crippen molar-refractivity contribution in [2.75, 3.05) is 18.9 Å². The van der Waals surface area contributed by atoms with Gasteiger partial charge in [-0.3, -0.25) is 9.48 Å². The number of hydrogen-bond donors (Lipinski definition) is 2. The minimum atomic E-state index is -4.02. The smallest absolute Gasteiger partial charge is 0.293 e. The van der Waals surface area contributed by atoms with E-state index in [1.165, 1.54) is 24.7 Å². The van der Waals surface area contributed by atoms with Crippen LogP contribution in [0.4, 0.5) is 5.95 Å². The number of methoxy groups -OCH3 is 2. The number of rotatable bonds is 8. The lowest BCUT2D eigenvalue weighted by atomic mass is 10.2. The molecule has 0 fully saturated rings. The van der Waals surface area contributed by atoms with Crippen molar-refractivity contribution >= 4 is 27.5 Å². The number of ether oxygens (including phenoxy) is 2. The molecule has 1 aromatic carbocycles. The lowest BCUT2D eigenvalue weighted by molar-refractivity contribution is -0.112. The molecule has 4 aromatic rings. The van der Waals surface area contributed by atoms with Crippen LogP contribution >= 0.6 is 0 Å². The summed E-state index contributed by atoms with van der Waals surface area (Å²) >= 11 is 0. The molecule has 0 saturated carbocycles. The zero-order valence-electron chi connectivity index (χ0n) is 18.8. The molecule has 0 aliphatic heterocycles. The van der Waals surface area contributed by atoms with E-state index in [0.717, 1.165) is 11.1 Å². The summed E-state index contributed by atoms with van der Waals surface area (Å²) < 4.78 is 42.2. The van der Waals surface area contributed by atoms with Gasteiger partial charge < -0.3 is 15.2 Å². The van der Waals surface area contributed by atoms with E-state index in [4.69, 9.17) is 15.2 Å². The molecule has 0 aliphatic carbocycles. The first kappa shape index (κ1) is 23.6. The van der Waals surface area contributed by atoms with Gasteiger partial charge in [0.1, 0.15) is 10.6 Å². The van der Waals surface area contributed by atoms with E-state index in [9.17, 15) is 13.2 Å². The molecule has 0 unspecified atom stereocenters. The van der Waals surface area contributed by atoms with Crippen LogP contribution in [0, 0.1) is 11.8 Å². The molecule has 35 heavy (non-hydrogen) atoms. The molecule has 1 amide bonds. The highest BCUT2D eigenvalue weighted by Gasteiger charge is 2.23. The normalized spacial score (nSPS) is 11.0. The van der Waals surface area contributed by atoms with Gasteiger partial charge in [-0.2, -0.15) is 5.10 Å². The Labute approximate surface area is 200 Å². The van der Waals surface area contributed by atoms with Gasteiger partial charge in [0, 0.05) is 24.2 Å². The summed E-state index contributed by atoms with van der Waals surface area (Å²) in [7, 11) is -1.17. The fourth-order valence-electron chi connectivity index (χ4n) is 3.37. The topological polar surface area (TPSA) is 156 Å². The Morgan fingerprint density at radius 3 is 2.69 bits per heavy atom. The van der Waals surface area contributed by atoms with E-state index in [-0.39, 0.29) is 16.6 Å². The maximum Gasteiger partial charge on any atom is 0.293 e. The molecular weight excluding hydrogens is 474 g/mol. The highest BCUT2D eigenvalue weighted by molar-refractivity contribution is 7.92. The number of nitrogens with zero attached hydrogens (tertiary/aromatic N) is 5. The summed E-state index contributed by atoms with van der Waals surface area (Å²) in [6, 6.07) is 9.71. The molecule has 0 bridgehead atoms. The molecule has 0 radical (unpaired) electrons. The predicted molar refractivity (Wildman–Crippen MR) is 125 cm³/mol. The van der Waals surface area contributed by atoms with Crippen LogP contribution in [0.15, 0.2) is 53.7 Å². The van der Waals surface area contributed by atoms with Crippen molar-refractivity contribution < 1.29 is 22.7 Å². The number of anilines is 1. The average molecular weight is 496 g/mol. The van der Waals surface area contributed by atoms with Crippen molar-refractivity contribution in [1.82, 2.24) is 24.4 Å². The molecular formula is C22H21N7O5S. The molecule has 3 aromatic heterocycles. The van der Waals surface area contributed by atoms with Crippen molar-refractivity contribution in [2.24, 2.45) is 5.73 Å². The standard InChI is InChI=1S/C22H21N7O5S/c1-33-17-7-3-4-8-18(17)35(31,32)27-22-26-25-20-10-16(11-21(34-2)29(20)22)14-28-13-15(12-24-28)6-5-9-19(23)30/h3-4,7-8,10-13H,6,14H2,1-2H3,(H2,23,30)(H,26,27). The van der Waals surface area contributed by atoms with E-state index >= 15 is 0 Å². The van der Waals surface area contributed by atoms with Gasteiger partial charge >= 0.3 is 0 Å². The number of nitrogens with two attached hydrogens (primary N) is 1. The number of para-hydroxylation sites is 1. The number of primary amides is 1. The van der Waals surface area contributed by atoms with Crippen LogP contribution in [0.25, 0.3) is 5.65 Å². The van der Waals surface area contributed by atoms with E-state index in [1.54, 1.807) is 47.4 Å². The van der Waals surface area contributed by atoms with E-state index < -0.39 is 15.9 Å². The minimum Gasteiger partial charge on any atom is -0.495 e. The summed E-state index contributed by atoms with van der Waals surface area (Å²) in [5, 5.41) is 12.4. The molecule has 180 valence electrons. The average Bonchev–Trinajstić information content (AvgIpc) is 3.44. The lowest BCUT2D eigenvalue weighted by Gasteiger charge is -2.12. The number of fused-ring (bicyclic) bond motifs is 1. The monoisotopic (exact) mass is 495 g/mol. The van der Waals surface area contributed by atoms with Gasteiger partial charge in [-0.25, -0.2) is 17.5 Å². The number of aromatic nitrogens is 5. The Hall–Kier alpha value is -4.57. The number of nitrogens with one attached hydrogen (secondary N) is 1. The van der Waals surface area contributed by atoms with Gasteiger partial charge in [-0.15, -0.1) is 10.2 Å².